The lowest BCUT2D eigenvalue weighted by atomic mass is 10.2. The van der Waals surface area contributed by atoms with Gasteiger partial charge in [-0.2, -0.15) is 0 Å². The quantitative estimate of drug-likeness (QED) is 0.446. The molecule has 174 valence electrons. The number of carbonyl (C=O) groups excluding carboxylic acids is 1. The van der Waals surface area contributed by atoms with Gasteiger partial charge in [-0.05, 0) is 49.4 Å². The van der Waals surface area contributed by atoms with Crippen molar-refractivity contribution >= 4 is 38.9 Å². The number of halogens is 1. The van der Waals surface area contributed by atoms with Crippen molar-refractivity contribution in [1.29, 1.82) is 0 Å². The van der Waals surface area contributed by atoms with Crippen LogP contribution in [0.5, 0.6) is 17.2 Å². The van der Waals surface area contributed by atoms with E-state index in [4.69, 9.17) is 25.8 Å². The fourth-order valence-corrected chi connectivity index (χ4v) is 4.21. The monoisotopic (exact) mass is 490 g/mol. The minimum Gasteiger partial charge on any atom is -0.497 e. The van der Waals surface area contributed by atoms with Crippen molar-refractivity contribution in [2.75, 3.05) is 30.9 Å². The minimum absolute atomic E-state index is 0.00646. The predicted octanol–water partition coefficient (Wildman–Crippen LogP) is 4.81. The molecule has 0 bridgehead atoms. The van der Waals surface area contributed by atoms with Crippen molar-refractivity contribution in [3.63, 3.8) is 0 Å². The Balaban J connectivity index is 1.84. The van der Waals surface area contributed by atoms with Crippen LogP contribution >= 0.6 is 11.6 Å². The zero-order chi connectivity index (χ0) is 24.0. The highest BCUT2D eigenvalue weighted by Crippen LogP contribution is 2.28. The Kier molecular flexibility index (Phi) is 7.67. The summed E-state index contributed by atoms with van der Waals surface area (Å²) in [6.45, 7) is 2.36. The number of sulfonamides is 1. The van der Waals surface area contributed by atoms with E-state index >= 15 is 0 Å². The molecule has 0 saturated carbocycles. The molecule has 3 aromatic rings. The number of rotatable bonds is 9. The Morgan fingerprint density at radius 1 is 0.879 bits per heavy atom. The molecule has 1 amide bonds. The van der Waals surface area contributed by atoms with Crippen LogP contribution in [0.4, 0.5) is 11.4 Å². The number of anilines is 2. The molecular weight excluding hydrogens is 468 g/mol. The maximum atomic E-state index is 12.9. The lowest BCUT2D eigenvalue weighted by molar-refractivity contribution is 0.102. The molecule has 0 aliphatic heterocycles. The van der Waals surface area contributed by atoms with Gasteiger partial charge in [0.2, 0.25) is 0 Å². The third-order valence-corrected chi connectivity index (χ3v) is 6.23. The molecule has 0 spiro atoms. The summed E-state index contributed by atoms with van der Waals surface area (Å²) in [4.78, 5) is 12.7. The van der Waals surface area contributed by atoms with Crippen LogP contribution in [-0.2, 0) is 10.0 Å². The maximum absolute atomic E-state index is 12.9. The van der Waals surface area contributed by atoms with E-state index in [1.165, 1.54) is 32.4 Å². The van der Waals surface area contributed by atoms with E-state index in [1.54, 1.807) is 42.5 Å². The number of carbonyl (C=O) groups is 1. The number of nitrogens with one attached hydrogen (secondary N) is 2. The first-order chi connectivity index (χ1) is 15.7. The first-order valence-corrected chi connectivity index (χ1v) is 11.7. The van der Waals surface area contributed by atoms with Crippen LogP contribution in [0.1, 0.15) is 17.3 Å². The van der Waals surface area contributed by atoms with Gasteiger partial charge in [0.15, 0.2) is 0 Å². The van der Waals surface area contributed by atoms with E-state index in [0.717, 1.165) is 0 Å². The summed E-state index contributed by atoms with van der Waals surface area (Å²) in [5.41, 5.74) is 0.740. The van der Waals surface area contributed by atoms with Crippen LogP contribution in [0.15, 0.2) is 65.6 Å². The molecule has 0 saturated heterocycles. The van der Waals surface area contributed by atoms with Crippen molar-refractivity contribution < 1.29 is 27.4 Å². The summed E-state index contributed by atoms with van der Waals surface area (Å²) in [5, 5.41) is 2.78. The number of hydrogen-bond acceptors (Lipinski definition) is 6. The fourth-order valence-electron chi connectivity index (χ4n) is 2.92. The van der Waals surface area contributed by atoms with Crippen molar-refractivity contribution in [1.82, 2.24) is 0 Å². The van der Waals surface area contributed by atoms with Crippen LogP contribution in [0.2, 0.25) is 5.02 Å². The van der Waals surface area contributed by atoms with Crippen LogP contribution in [-0.4, -0.2) is 35.2 Å². The van der Waals surface area contributed by atoms with Crippen molar-refractivity contribution in [2.45, 2.75) is 11.8 Å². The van der Waals surface area contributed by atoms with Crippen LogP contribution in [0.3, 0.4) is 0 Å². The van der Waals surface area contributed by atoms with Gasteiger partial charge in [0.1, 0.15) is 17.2 Å². The Morgan fingerprint density at radius 3 is 2.09 bits per heavy atom. The number of ether oxygens (including phenoxy) is 3. The second kappa shape index (κ2) is 10.5. The van der Waals surface area contributed by atoms with Crippen molar-refractivity contribution in [2.24, 2.45) is 0 Å². The predicted molar refractivity (Wildman–Crippen MR) is 127 cm³/mol. The second-order valence-electron chi connectivity index (χ2n) is 6.76. The third kappa shape index (κ3) is 6.09. The number of hydrogen-bond donors (Lipinski definition) is 2. The second-order valence-corrected chi connectivity index (χ2v) is 8.85. The van der Waals surface area contributed by atoms with Gasteiger partial charge in [0.25, 0.3) is 15.9 Å². The highest BCUT2D eigenvalue weighted by Gasteiger charge is 2.20. The molecule has 8 nitrogen and oxygen atoms in total. The number of benzene rings is 3. The summed E-state index contributed by atoms with van der Waals surface area (Å²) in [6, 6.07) is 15.2. The largest absolute Gasteiger partial charge is 0.497 e. The summed E-state index contributed by atoms with van der Waals surface area (Å²) in [6.07, 6.45) is 0. The van der Waals surface area contributed by atoms with Crippen LogP contribution < -0.4 is 24.2 Å². The van der Waals surface area contributed by atoms with Crippen molar-refractivity contribution in [3.05, 3.63) is 71.2 Å². The molecular formula is C23H23ClN2O6S. The summed E-state index contributed by atoms with van der Waals surface area (Å²) < 4.78 is 44.0. The first-order valence-electron chi connectivity index (χ1n) is 9.85. The molecule has 3 aromatic carbocycles. The number of methoxy groups -OCH3 is 2. The smallest absolute Gasteiger partial charge is 0.261 e. The van der Waals surface area contributed by atoms with Crippen LogP contribution in [0.25, 0.3) is 0 Å². The molecule has 0 unspecified atom stereocenters. The molecule has 0 aromatic heterocycles. The standard InChI is InChI=1S/C23H23ClN2O6S/c1-4-32-17-7-5-15(6-8-17)26-33(28,29)20-9-10-22(24)21(14-20)23(27)25-16-11-18(30-2)13-19(12-16)31-3/h5-14,26H,4H2,1-3H3,(H,25,27). The Labute approximate surface area is 197 Å². The van der Waals surface area contributed by atoms with Crippen molar-refractivity contribution in [3.8, 4) is 17.2 Å². The molecule has 10 heteroatoms. The Bertz CT molecular complexity index is 1220. The molecule has 0 radical (unpaired) electrons. The van der Waals surface area contributed by atoms with Gasteiger partial charge in [-0.25, -0.2) is 8.42 Å². The average molecular weight is 491 g/mol. The summed E-state index contributed by atoms with van der Waals surface area (Å²) in [5.74, 6) is 0.992. The molecule has 0 fully saturated rings. The minimum atomic E-state index is -3.97. The van der Waals surface area contributed by atoms with E-state index in [2.05, 4.69) is 10.0 Å². The molecule has 0 aliphatic rings. The van der Waals surface area contributed by atoms with E-state index in [0.29, 0.717) is 35.2 Å². The fraction of sp³-hybridized carbons (Fsp3) is 0.174. The van der Waals surface area contributed by atoms with Gasteiger partial charge in [-0.1, -0.05) is 11.6 Å². The topological polar surface area (TPSA) is 103 Å². The third-order valence-electron chi connectivity index (χ3n) is 4.52. The first kappa shape index (κ1) is 24.2. The highest BCUT2D eigenvalue weighted by atomic mass is 35.5. The molecule has 3 rings (SSSR count). The average Bonchev–Trinajstić information content (AvgIpc) is 2.80. The maximum Gasteiger partial charge on any atom is 0.261 e. The highest BCUT2D eigenvalue weighted by molar-refractivity contribution is 7.92. The van der Waals surface area contributed by atoms with Crippen LogP contribution in [0, 0.1) is 0 Å². The molecule has 2 N–H and O–H groups in total. The van der Waals surface area contributed by atoms with E-state index in [9.17, 15) is 13.2 Å². The molecule has 0 heterocycles. The Hall–Kier alpha value is -3.43. The van der Waals surface area contributed by atoms with E-state index in [1.807, 2.05) is 6.92 Å². The van der Waals surface area contributed by atoms with Gasteiger partial charge in [-0.3, -0.25) is 9.52 Å². The lowest BCUT2D eigenvalue weighted by Gasteiger charge is -2.13. The van der Waals surface area contributed by atoms with E-state index < -0.39 is 15.9 Å². The van der Waals surface area contributed by atoms with Gasteiger partial charge in [0.05, 0.1) is 36.3 Å². The Morgan fingerprint density at radius 2 is 1.52 bits per heavy atom. The number of amides is 1. The summed E-state index contributed by atoms with van der Waals surface area (Å²) >= 11 is 6.19. The summed E-state index contributed by atoms with van der Waals surface area (Å²) in [7, 11) is -0.997. The molecule has 33 heavy (non-hydrogen) atoms. The SMILES string of the molecule is CCOc1ccc(NS(=O)(=O)c2ccc(Cl)c(C(=O)Nc3cc(OC)cc(OC)c3)c2)cc1. The lowest BCUT2D eigenvalue weighted by Crippen LogP contribution is -2.16. The van der Waals surface area contributed by atoms with Gasteiger partial charge in [-0.15, -0.1) is 0 Å². The van der Waals surface area contributed by atoms with E-state index in [-0.39, 0.29) is 15.5 Å². The zero-order valence-electron chi connectivity index (χ0n) is 18.2. The van der Waals surface area contributed by atoms with Gasteiger partial charge >= 0.3 is 0 Å². The normalized spacial score (nSPS) is 10.9. The molecule has 0 aliphatic carbocycles. The molecule has 0 atom stereocenters. The zero-order valence-corrected chi connectivity index (χ0v) is 19.8. The van der Waals surface area contributed by atoms with Gasteiger partial charge < -0.3 is 19.5 Å². The van der Waals surface area contributed by atoms with Gasteiger partial charge in [0, 0.05) is 29.6 Å².